The molecular formula is C15H23N2O3+. The molecule has 2 N–H and O–H groups in total. The molecule has 20 heavy (non-hydrogen) atoms. The summed E-state index contributed by atoms with van der Waals surface area (Å²) >= 11 is 0. The van der Waals surface area contributed by atoms with Gasteiger partial charge in [0.05, 0.1) is 25.4 Å². The van der Waals surface area contributed by atoms with E-state index in [1.54, 1.807) is 6.07 Å². The Balaban J connectivity index is 1.75. The maximum absolute atomic E-state index is 11.7. The molecular weight excluding hydrogens is 256 g/mol. The SMILES string of the molecule is CCOc1ccccc1NC(=O)OCC[NH+]1CCCC1. The Labute approximate surface area is 119 Å². The number of ether oxygens (including phenoxy) is 2. The molecule has 1 amide bonds. The summed E-state index contributed by atoms with van der Waals surface area (Å²) in [6.45, 7) is 6.20. The minimum absolute atomic E-state index is 0.421. The molecule has 0 saturated carbocycles. The van der Waals surface area contributed by atoms with Crippen molar-refractivity contribution >= 4 is 11.8 Å². The zero-order valence-electron chi connectivity index (χ0n) is 12.0. The Morgan fingerprint density at radius 3 is 2.80 bits per heavy atom. The monoisotopic (exact) mass is 279 g/mol. The van der Waals surface area contributed by atoms with Crippen molar-refractivity contribution in [2.45, 2.75) is 19.8 Å². The van der Waals surface area contributed by atoms with Crippen molar-refractivity contribution in [3.63, 3.8) is 0 Å². The number of likely N-dealkylation sites (tertiary alicyclic amines) is 1. The molecule has 0 atom stereocenters. The number of amides is 1. The minimum Gasteiger partial charge on any atom is -0.492 e. The van der Waals surface area contributed by atoms with E-state index in [0.29, 0.717) is 24.7 Å². The molecule has 1 aromatic carbocycles. The van der Waals surface area contributed by atoms with E-state index >= 15 is 0 Å². The highest BCUT2D eigenvalue weighted by Gasteiger charge is 2.15. The van der Waals surface area contributed by atoms with Crippen LogP contribution in [0.1, 0.15) is 19.8 Å². The standard InChI is InChI=1S/C15H22N2O3/c1-2-19-14-8-4-3-7-13(14)16-15(18)20-12-11-17-9-5-6-10-17/h3-4,7-8H,2,5-6,9-12H2,1H3,(H,16,18)/p+1. The number of hydrogen-bond acceptors (Lipinski definition) is 3. The van der Waals surface area contributed by atoms with Gasteiger partial charge < -0.3 is 14.4 Å². The van der Waals surface area contributed by atoms with Crippen LogP contribution >= 0.6 is 0 Å². The molecule has 5 heteroatoms. The molecule has 1 aliphatic heterocycles. The summed E-state index contributed by atoms with van der Waals surface area (Å²) in [5.74, 6) is 0.664. The number of para-hydroxylation sites is 2. The predicted octanol–water partition coefficient (Wildman–Crippen LogP) is 1.31. The molecule has 0 aromatic heterocycles. The van der Waals surface area contributed by atoms with Crippen LogP contribution in [-0.2, 0) is 4.74 Å². The molecule has 0 radical (unpaired) electrons. The third-order valence-electron chi connectivity index (χ3n) is 3.42. The normalized spacial score (nSPS) is 15.1. The molecule has 5 nitrogen and oxygen atoms in total. The van der Waals surface area contributed by atoms with Gasteiger partial charge in [0.1, 0.15) is 18.9 Å². The van der Waals surface area contributed by atoms with Gasteiger partial charge in [0.25, 0.3) is 0 Å². The number of anilines is 1. The van der Waals surface area contributed by atoms with Crippen LogP contribution in [0.2, 0.25) is 0 Å². The summed E-state index contributed by atoms with van der Waals surface area (Å²) in [5.41, 5.74) is 0.646. The number of hydrogen-bond donors (Lipinski definition) is 2. The van der Waals surface area contributed by atoms with Crippen LogP contribution in [0.15, 0.2) is 24.3 Å². The fourth-order valence-electron chi connectivity index (χ4n) is 2.41. The van der Waals surface area contributed by atoms with E-state index in [4.69, 9.17) is 9.47 Å². The first-order valence-electron chi connectivity index (χ1n) is 7.28. The molecule has 0 aliphatic carbocycles. The fourth-order valence-corrected chi connectivity index (χ4v) is 2.41. The van der Waals surface area contributed by atoms with Crippen LogP contribution in [0.4, 0.5) is 10.5 Å². The second-order valence-corrected chi connectivity index (χ2v) is 4.90. The van der Waals surface area contributed by atoms with Crippen molar-refractivity contribution in [1.29, 1.82) is 0 Å². The van der Waals surface area contributed by atoms with Gasteiger partial charge in [0.15, 0.2) is 0 Å². The third-order valence-corrected chi connectivity index (χ3v) is 3.42. The van der Waals surface area contributed by atoms with Gasteiger partial charge in [-0.25, -0.2) is 4.79 Å². The molecule has 2 rings (SSSR count). The maximum Gasteiger partial charge on any atom is 0.411 e. The van der Waals surface area contributed by atoms with Gasteiger partial charge in [-0.1, -0.05) is 12.1 Å². The molecule has 110 valence electrons. The lowest BCUT2D eigenvalue weighted by molar-refractivity contribution is -0.887. The van der Waals surface area contributed by atoms with E-state index in [0.717, 1.165) is 6.54 Å². The minimum atomic E-state index is -0.421. The zero-order valence-corrected chi connectivity index (χ0v) is 12.0. The van der Waals surface area contributed by atoms with Crippen LogP contribution in [-0.4, -0.2) is 38.9 Å². The van der Waals surface area contributed by atoms with Gasteiger partial charge in [-0.2, -0.15) is 0 Å². The average Bonchev–Trinajstić information content (AvgIpc) is 2.94. The quantitative estimate of drug-likeness (QED) is 0.825. The summed E-state index contributed by atoms with van der Waals surface area (Å²) < 4.78 is 10.7. The molecule has 1 aliphatic rings. The van der Waals surface area contributed by atoms with Gasteiger partial charge in [-0.3, -0.25) is 5.32 Å². The van der Waals surface area contributed by atoms with Crippen LogP contribution in [0.3, 0.4) is 0 Å². The maximum atomic E-state index is 11.7. The number of nitrogens with one attached hydrogen (secondary N) is 2. The highest BCUT2D eigenvalue weighted by molar-refractivity contribution is 5.86. The van der Waals surface area contributed by atoms with E-state index < -0.39 is 6.09 Å². The number of carbonyl (C=O) groups is 1. The van der Waals surface area contributed by atoms with Gasteiger partial charge in [0.2, 0.25) is 0 Å². The third kappa shape index (κ3) is 4.42. The van der Waals surface area contributed by atoms with E-state index in [-0.39, 0.29) is 0 Å². The Kier molecular flexibility index (Phi) is 5.68. The topological polar surface area (TPSA) is 52.0 Å². The van der Waals surface area contributed by atoms with Crippen molar-refractivity contribution in [3.8, 4) is 5.75 Å². The van der Waals surface area contributed by atoms with Gasteiger partial charge >= 0.3 is 6.09 Å². The van der Waals surface area contributed by atoms with E-state index in [9.17, 15) is 4.79 Å². The Morgan fingerprint density at radius 2 is 2.05 bits per heavy atom. The molecule has 0 unspecified atom stereocenters. The summed E-state index contributed by atoms with van der Waals surface area (Å²) in [5, 5.41) is 2.73. The van der Waals surface area contributed by atoms with E-state index in [2.05, 4.69) is 5.32 Å². The van der Waals surface area contributed by atoms with Gasteiger partial charge in [-0.05, 0) is 19.1 Å². The summed E-state index contributed by atoms with van der Waals surface area (Å²) in [7, 11) is 0. The highest BCUT2D eigenvalue weighted by atomic mass is 16.5. The van der Waals surface area contributed by atoms with Crippen LogP contribution in [0, 0.1) is 0 Å². The molecule has 1 fully saturated rings. The number of rotatable bonds is 6. The molecule has 1 heterocycles. The number of carbonyl (C=O) groups excluding carboxylic acids is 1. The average molecular weight is 279 g/mol. The van der Waals surface area contributed by atoms with Gasteiger partial charge in [-0.15, -0.1) is 0 Å². The Morgan fingerprint density at radius 1 is 1.30 bits per heavy atom. The molecule has 1 aromatic rings. The van der Waals surface area contributed by atoms with Crippen molar-refractivity contribution in [2.24, 2.45) is 0 Å². The predicted molar refractivity (Wildman–Crippen MR) is 77.4 cm³/mol. The number of benzene rings is 1. The number of quaternary nitrogens is 1. The second-order valence-electron chi connectivity index (χ2n) is 4.90. The van der Waals surface area contributed by atoms with E-state index in [1.807, 2.05) is 25.1 Å². The van der Waals surface area contributed by atoms with E-state index in [1.165, 1.54) is 30.8 Å². The molecule has 0 spiro atoms. The summed E-state index contributed by atoms with van der Waals surface area (Å²) in [4.78, 5) is 13.3. The zero-order chi connectivity index (χ0) is 14.2. The fraction of sp³-hybridized carbons (Fsp3) is 0.533. The van der Waals surface area contributed by atoms with Crippen molar-refractivity contribution < 1.29 is 19.2 Å². The lowest BCUT2D eigenvalue weighted by Gasteiger charge is -2.13. The Bertz CT molecular complexity index is 431. The Hall–Kier alpha value is -1.75. The lowest BCUT2D eigenvalue weighted by atomic mass is 10.3. The molecule has 0 bridgehead atoms. The van der Waals surface area contributed by atoms with Crippen LogP contribution in [0.25, 0.3) is 0 Å². The van der Waals surface area contributed by atoms with Gasteiger partial charge in [0, 0.05) is 12.8 Å². The summed E-state index contributed by atoms with van der Waals surface area (Å²) in [6, 6.07) is 7.36. The summed E-state index contributed by atoms with van der Waals surface area (Å²) in [6.07, 6.45) is 2.14. The highest BCUT2D eigenvalue weighted by Crippen LogP contribution is 2.23. The first-order valence-corrected chi connectivity index (χ1v) is 7.28. The smallest absolute Gasteiger partial charge is 0.411 e. The van der Waals surface area contributed by atoms with Crippen molar-refractivity contribution in [2.75, 3.05) is 38.2 Å². The first-order chi connectivity index (χ1) is 9.79. The lowest BCUT2D eigenvalue weighted by Crippen LogP contribution is -3.10. The van der Waals surface area contributed by atoms with Crippen molar-refractivity contribution in [1.82, 2.24) is 0 Å². The largest absolute Gasteiger partial charge is 0.492 e. The van der Waals surface area contributed by atoms with Crippen LogP contribution in [0.5, 0.6) is 5.75 Å². The first kappa shape index (κ1) is 14.7. The second kappa shape index (κ2) is 7.75. The molecule has 1 saturated heterocycles. The van der Waals surface area contributed by atoms with Crippen LogP contribution < -0.4 is 15.0 Å². The van der Waals surface area contributed by atoms with Crippen molar-refractivity contribution in [3.05, 3.63) is 24.3 Å².